The highest BCUT2D eigenvalue weighted by molar-refractivity contribution is 6.30. The smallest absolute Gasteiger partial charge is 0.265 e. The first-order valence-corrected chi connectivity index (χ1v) is 6.23. The van der Waals surface area contributed by atoms with Gasteiger partial charge in [0, 0.05) is 29.0 Å². The zero-order valence-electron chi connectivity index (χ0n) is 10.5. The van der Waals surface area contributed by atoms with Crippen molar-refractivity contribution in [3.63, 3.8) is 0 Å². The third-order valence-corrected chi connectivity index (χ3v) is 2.81. The molecule has 0 aliphatic rings. The van der Waals surface area contributed by atoms with Gasteiger partial charge >= 0.3 is 0 Å². The molecule has 2 N–H and O–H groups in total. The number of aryl methyl sites for hydroxylation is 1. The fourth-order valence-corrected chi connectivity index (χ4v) is 1.74. The molecule has 0 atom stereocenters. The SMILES string of the molecule is Cc1cc(CNNC(=O)c2ccc(Cl)cc2)ccn1. The van der Waals surface area contributed by atoms with E-state index < -0.39 is 0 Å². The summed E-state index contributed by atoms with van der Waals surface area (Å²) in [6.07, 6.45) is 1.74. The minimum Gasteiger partial charge on any atom is -0.287 e. The van der Waals surface area contributed by atoms with E-state index in [0.29, 0.717) is 17.1 Å². The number of nitrogens with zero attached hydrogens (tertiary/aromatic N) is 1. The van der Waals surface area contributed by atoms with Gasteiger partial charge in [-0.25, -0.2) is 5.43 Å². The van der Waals surface area contributed by atoms with Crippen LogP contribution in [0.1, 0.15) is 21.6 Å². The molecule has 1 aromatic heterocycles. The third kappa shape index (κ3) is 4.05. The zero-order valence-corrected chi connectivity index (χ0v) is 11.2. The molecule has 0 saturated heterocycles. The molecule has 5 heteroatoms. The Labute approximate surface area is 116 Å². The maximum atomic E-state index is 11.8. The van der Waals surface area contributed by atoms with Crippen molar-refractivity contribution in [3.8, 4) is 0 Å². The van der Waals surface area contributed by atoms with Gasteiger partial charge in [-0.2, -0.15) is 0 Å². The van der Waals surface area contributed by atoms with E-state index in [-0.39, 0.29) is 5.91 Å². The summed E-state index contributed by atoms with van der Waals surface area (Å²) in [5.41, 5.74) is 8.08. The molecule has 0 aliphatic carbocycles. The number of carbonyl (C=O) groups is 1. The fourth-order valence-electron chi connectivity index (χ4n) is 1.61. The Morgan fingerprint density at radius 1 is 1.26 bits per heavy atom. The molecule has 1 amide bonds. The van der Waals surface area contributed by atoms with Crippen molar-refractivity contribution in [3.05, 3.63) is 64.4 Å². The molecule has 4 nitrogen and oxygen atoms in total. The van der Waals surface area contributed by atoms with E-state index in [2.05, 4.69) is 15.8 Å². The van der Waals surface area contributed by atoms with E-state index in [1.807, 2.05) is 19.1 Å². The van der Waals surface area contributed by atoms with Crippen LogP contribution in [0.4, 0.5) is 0 Å². The van der Waals surface area contributed by atoms with Crippen molar-refractivity contribution in [2.75, 3.05) is 0 Å². The lowest BCUT2D eigenvalue weighted by molar-refractivity contribution is 0.0932. The number of carbonyl (C=O) groups excluding carboxylic acids is 1. The van der Waals surface area contributed by atoms with Crippen LogP contribution in [-0.4, -0.2) is 10.9 Å². The molecular formula is C14H14ClN3O. The van der Waals surface area contributed by atoms with Crippen molar-refractivity contribution in [1.29, 1.82) is 0 Å². The van der Waals surface area contributed by atoms with Crippen LogP contribution in [0, 0.1) is 6.92 Å². The normalized spacial score (nSPS) is 10.2. The molecule has 1 heterocycles. The minimum atomic E-state index is -0.192. The summed E-state index contributed by atoms with van der Waals surface area (Å²) in [6, 6.07) is 10.6. The summed E-state index contributed by atoms with van der Waals surface area (Å²) in [5.74, 6) is -0.192. The molecule has 0 radical (unpaired) electrons. The van der Waals surface area contributed by atoms with Crippen LogP contribution in [-0.2, 0) is 6.54 Å². The molecule has 19 heavy (non-hydrogen) atoms. The first-order valence-electron chi connectivity index (χ1n) is 5.85. The van der Waals surface area contributed by atoms with Crippen LogP contribution in [0.3, 0.4) is 0 Å². The lowest BCUT2D eigenvalue weighted by atomic mass is 10.2. The Bertz CT molecular complexity index is 569. The fraction of sp³-hybridized carbons (Fsp3) is 0.143. The monoisotopic (exact) mass is 275 g/mol. The van der Waals surface area contributed by atoms with Crippen molar-refractivity contribution in [2.45, 2.75) is 13.5 Å². The van der Waals surface area contributed by atoms with Gasteiger partial charge in [-0.15, -0.1) is 0 Å². The maximum absolute atomic E-state index is 11.8. The van der Waals surface area contributed by atoms with Crippen LogP contribution in [0.5, 0.6) is 0 Å². The van der Waals surface area contributed by atoms with Gasteiger partial charge in [0.05, 0.1) is 0 Å². The van der Waals surface area contributed by atoms with Gasteiger partial charge < -0.3 is 0 Å². The van der Waals surface area contributed by atoms with Crippen LogP contribution >= 0.6 is 11.6 Å². The van der Waals surface area contributed by atoms with E-state index >= 15 is 0 Å². The van der Waals surface area contributed by atoms with E-state index in [0.717, 1.165) is 11.3 Å². The number of hydrazine groups is 1. The quantitative estimate of drug-likeness (QED) is 0.843. The summed E-state index contributed by atoms with van der Waals surface area (Å²) >= 11 is 5.76. The number of nitrogens with one attached hydrogen (secondary N) is 2. The number of aromatic nitrogens is 1. The standard InChI is InChI=1S/C14H14ClN3O/c1-10-8-11(6-7-16-10)9-17-18-14(19)12-2-4-13(15)5-3-12/h2-8,17H,9H2,1H3,(H,18,19). The van der Waals surface area contributed by atoms with Gasteiger partial charge in [-0.3, -0.25) is 15.2 Å². The summed E-state index contributed by atoms with van der Waals surface area (Å²) in [6.45, 7) is 2.47. The summed E-state index contributed by atoms with van der Waals surface area (Å²) in [5, 5.41) is 0.608. The number of rotatable bonds is 4. The molecular weight excluding hydrogens is 262 g/mol. The highest BCUT2D eigenvalue weighted by atomic mass is 35.5. The Hall–Kier alpha value is -1.91. The highest BCUT2D eigenvalue weighted by Gasteiger charge is 2.04. The molecule has 98 valence electrons. The third-order valence-electron chi connectivity index (χ3n) is 2.56. The second kappa shape index (κ2) is 6.31. The molecule has 2 aromatic rings. The Morgan fingerprint density at radius 3 is 2.68 bits per heavy atom. The second-order valence-electron chi connectivity index (χ2n) is 4.12. The average molecular weight is 276 g/mol. The van der Waals surface area contributed by atoms with Gasteiger partial charge in [0.25, 0.3) is 5.91 Å². The van der Waals surface area contributed by atoms with Crippen molar-refractivity contribution >= 4 is 17.5 Å². The molecule has 0 bridgehead atoms. The van der Waals surface area contributed by atoms with E-state index in [1.54, 1.807) is 30.5 Å². The summed E-state index contributed by atoms with van der Waals surface area (Å²) < 4.78 is 0. The van der Waals surface area contributed by atoms with Gasteiger partial charge in [0.2, 0.25) is 0 Å². The second-order valence-corrected chi connectivity index (χ2v) is 4.56. The number of amides is 1. The van der Waals surface area contributed by atoms with Crippen LogP contribution in [0.2, 0.25) is 5.02 Å². The summed E-state index contributed by atoms with van der Waals surface area (Å²) in [7, 11) is 0. The van der Waals surface area contributed by atoms with Crippen molar-refractivity contribution < 1.29 is 4.79 Å². The summed E-state index contributed by atoms with van der Waals surface area (Å²) in [4.78, 5) is 15.9. The molecule has 0 saturated carbocycles. The van der Waals surface area contributed by atoms with Gasteiger partial charge in [0.15, 0.2) is 0 Å². The predicted molar refractivity (Wildman–Crippen MR) is 74.7 cm³/mol. The molecule has 0 fully saturated rings. The molecule has 0 unspecified atom stereocenters. The Balaban J connectivity index is 1.86. The minimum absolute atomic E-state index is 0.192. The average Bonchev–Trinajstić information content (AvgIpc) is 2.39. The predicted octanol–water partition coefficient (Wildman–Crippen LogP) is 2.48. The van der Waals surface area contributed by atoms with Crippen LogP contribution in [0.15, 0.2) is 42.6 Å². The first kappa shape index (κ1) is 13.5. The lowest BCUT2D eigenvalue weighted by Gasteiger charge is -2.07. The number of hydrogen-bond acceptors (Lipinski definition) is 3. The molecule has 0 spiro atoms. The van der Waals surface area contributed by atoms with E-state index in [4.69, 9.17) is 11.6 Å². The van der Waals surface area contributed by atoms with Gasteiger partial charge in [0.1, 0.15) is 0 Å². The topological polar surface area (TPSA) is 54.0 Å². The Morgan fingerprint density at radius 2 is 2.00 bits per heavy atom. The Kier molecular flexibility index (Phi) is 4.49. The maximum Gasteiger partial charge on any atom is 0.265 e. The van der Waals surface area contributed by atoms with E-state index in [1.165, 1.54) is 0 Å². The van der Waals surface area contributed by atoms with Crippen LogP contribution in [0.25, 0.3) is 0 Å². The number of pyridine rings is 1. The lowest BCUT2D eigenvalue weighted by Crippen LogP contribution is -2.36. The van der Waals surface area contributed by atoms with Gasteiger partial charge in [-0.05, 0) is 48.9 Å². The number of halogens is 1. The van der Waals surface area contributed by atoms with Crippen molar-refractivity contribution in [1.82, 2.24) is 15.8 Å². The van der Waals surface area contributed by atoms with E-state index in [9.17, 15) is 4.79 Å². The highest BCUT2D eigenvalue weighted by Crippen LogP contribution is 2.09. The van der Waals surface area contributed by atoms with Crippen molar-refractivity contribution in [2.24, 2.45) is 0 Å². The number of benzene rings is 1. The van der Waals surface area contributed by atoms with Crippen LogP contribution < -0.4 is 10.9 Å². The van der Waals surface area contributed by atoms with Gasteiger partial charge in [-0.1, -0.05) is 11.6 Å². The molecule has 0 aliphatic heterocycles. The largest absolute Gasteiger partial charge is 0.287 e. The number of hydrogen-bond donors (Lipinski definition) is 2. The molecule has 1 aromatic carbocycles. The first-order chi connectivity index (χ1) is 9.15. The zero-order chi connectivity index (χ0) is 13.7. The molecule has 2 rings (SSSR count).